The van der Waals surface area contributed by atoms with Crippen LogP contribution in [0.2, 0.25) is 0 Å². The highest BCUT2D eigenvalue weighted by atomic mass is 16.5. The molecule has 5 nitrogen and oxygen atoms in total. The molecule has 1 aliphatic rings. The second kappa shape index (κ2) is 6.88. The zero-order valence-corrected chi connectivity index (χ0v) is 12.6. The van der Waals surface area contributed by atoms with E-state index in [1.807, 2.05) is 0 Å². The molecule has 1 saturated carbocycles. The number of aromatic nitrogens is 2. The Morgan fingerprint density at radius 2 is 2.30 bits per heavy atom. The standard InChI is InChI=1S/C15H26N4O/c1-3-8-20-14-10-17-9-13(18-14)19-15(11-16)7-5-4-6-12(15)2/h9-10,12H,3-8,11,16H2,1-2H3,(H,18,19). The molecule has 0 aromatic carbocycles. The van der Waals surface area contributed by atoms with Crippen LogP contribution in [0.5, 0.6) is 5.88 Å². The molecule has 0 spiro atoms. The van der Waals surface area contributed by atoms with Gasteiger partial charge in [0.25, 0.3) is 0 Å². The predicted molar refractivity (Wildman–Crippen MR) is 80.9 cm³/mol. The van der Waals surface area contributed by atoms with E-state index >= 15 is 0 Å². The maximum Gasteiger partial charge on any atom is 0.234 e. The van der Waals surface area contributed by atoms with Crippen molar-refractivity contribution in [2.24, 2.45) is 11.7 Å². The number of hydrogen-bond acceptors (Lipinski definition) is 5. The Morgan fingerprint density at radius 1 is 1.45 bits per heavy atom. The summed E-state index contributed by atoms with van der Waals surface area (Å²) in [6, 6.07) is 0. The lowest BCUT2D eigenvalue weighted by atomic mass is 9.73. The van der Waals surface area contributed by atoms with Crippen LogP contribution in [0.15, 0.2) is 12.4 Å². The molecule has 2 rings (SSSR count). The number of anilines is 1. The van der Waals surface area contributed by atoms with E-state index < -0.39 is 0 Å². The molecule has 2 atom stereocenters. The van der Waals surface area contributed by atoms with Crippen molar-refractivity contribution in [2.75, 3.05) is 18.5 Å². The fourth-order valence-corrected chi connectivity index (χ4v) is 2.89. The first-order valence-corrected chi connectivity index (χ1v) is 7.63. The van der Waals surface area contributed by atoms with Crippen LogP contribution in [0.3, 0.4) is 0 Å². The molecule has 2 unspecified atom stereocenters. The fraction of sp³-hybridized carbons (Fsp3) is 0.733. The zero-order chi connectivity index (χ0) is 14.4. The second-order valence-corrected chi connectivity index (χ2v) is 5.72. The molecule has 0 saturated heterocycles. The van der Waals surface area contributed by atoms with Crippen molar-refractivity contribution in [1.29, 1.82) is 0 Å². The van der Waals surface area contributed by atoms with Gasteiger partial charge in [-0.1, -0.05) is 26.7 Å². The lowest BCUT2D eigenvalue weighted by Crippen LogP contribution is -2.52. The molecule has 5 heteroatoms. The van der Waals surface area contributed by atoms with Gasteiger partial charge < -0.3 is 15.8 Å². The van der Waals surface area contributed by atoms with E-state index in [2.05, 4.69) is 29.1 Å². The molecule has 20 heavy (non-hydrogen) atoms. The van der Waals surface area contributed by atoms with E-state index in [-0.39, 0.29) is 5.54 Å². The summed E-state index contributed by atoms with van der Waals surface area (Å²) in [6.07, 6.45) is 9.17. The summed E-state index contributed by atoms with van der Waals surface area (Å²) in [5.41, 5.74) is 5.99. The predicted octanol–water partition coefficient (Wildman–Crippen LogP) is 2.58. The first-order valence-electron chi connectivity index (χ1n) is 7.63. The number of hydrogen-bond donors (Lipinski definition) is 2. The van der Waals surface area contributed by atoms with Gasteiger partial charge in [-0.15, -0.1) is 0 Å². The molecule has 0 radical (unpaired) electrons. The largest absolute Gasteiger partial charge is 0.477 e. The quantitative estimate of drug-likeness (QED) is 0.836. The molecule has 1 aromatic rings. The van der Waals surface area contributed by atoms with E-state index in [0.29, 0.717) is 24.9 Å². The topological polar surface area (TPSA) is 73.1 Å². The average Bonchev–Trinajstić information content (AvgIpc) is 2.48. The average molecular weight is 278 g/mol. The van der Waals surface area contributed by atoms with Gasteiger partial charge in [0, 0.05) is 6.54 Å². The Kier molecular flexibility index (Phi) is 5.17. The molecule has 0 amide bonds. The van der Waals surface area contributed by atoms with E-state index in [1.54, 1.807) is 12.4 Å². The van der Waals surface area contributed by atoms with Gasteiger partial charge >= 0.3 is 0 Å². The number of nitrogens with one attached hydrogen (secondary N) is 1. The third-order valence-corrected chi connectivity index (χ3v) is 4.26. The van der Waals surface area contributed by atoms with E-state index in [1.165, 1.54) is 19.3 Å². The summed E-state index contributed by atoms with van der Waals surface area (Å²) >= 11 is 0. The van der Waals surface area contributed by atoms with Crippen molar-refractivity contribution in [3.05, 3.63) is 12.4 Å². The van der Waals surface area contributed by atoms with Crippen molar-refractivity contribution >= 4 is 5.82 Å². The second-order valence-electron chi connectivity index (χ2n) is 5.72. The molecule has 112 valence electrons. The minimum Gasteiger partial charge on any atom is -0.477 e. The maximum absolute atomic E-state index is 6.05. The van der Waals surface area contributed by atoms with Gasteiger partial charge in [-0.05, 0) is 25.2 Å². The van der Waals surface area contributed by atoms with Gasteiger partial charge in [-0.25, -0.2) is 0 Å². The summed E-state index contributed by atoms with van der Waals surface area (Å²) in [7, 11) is 0. The Hall–Kier alpha value is -1.36. The smallest absolute Gasteiger partial charge is 0.234 e. The Bertz CT molecular complexity index is 426. The van der Waals surface area contributed by atoms with E-state index in [9.17, 15) is 0 Å². The van der Waals surface area contributed by atoms with Crippen molar-refractivity contribution in [2.45, 2.75) is 51.5 Å². The highest BCUT2D eigenvalue weighted by Gasteiger charge is 2.37. The number of nitrogens with zero attached hydrogens (tertiary/aromatic N) is 2. The summed E-state index contributed by atoms with van der Waals surface area (Å²) in [6.45, 7) is 5.62. The Balaban J connectivity index is 2.10. The molecule has 0 aliphatic heterocycles. The summed E-state index contributed by atoms with van der Waals surface area (Å²) in [5, 5.41) is 3.53. The van der Waals surface area contributed by atoms with Crippen LogP contribution in [-0.2, 0) is 0 Å². The summed E-state index contributed by atoms with van der Waals surface area (Å²) < 4.78 is 5.53. The molecule has 1 aromatic heterocycles. The minimum atomic E-state index is -0.0592. The van der Waals surface area contributed by atoms with Gasteiger partial charge in [0.2, 0.25) is 5.88 Å². The Morgan fingerprint density at radius 3 is 3.00 bits per heavy atom. The van der Waals surface area contributed by atoms with Crippen molar-refractivity contribution in [3.63, 3.8) is 0 Å². The first kappa shape index (κ1) is 15.0. The highest BCUT2D eigenvalue weighted by molar-refractivity contribution is 5.38. The van der Waals surface area contributed by atoms with Crippen LogP contribution in [-0.4, -0.2) is 28.7 Å². The maximum atomic E-state index is 6.05. The molecule has 1 fully saturated rings. The van der Waals surface area contributed by atoms with Gasteiger partial charge in [0.05, 0.1) is 24.5 Å². The van der Waals surface area contributed by atoms with Crippen LogP contribution < -0.4 is 15.8 Å². The summed E-state index contributed by atoms with van der Waals surface area (Å²) in [5.74, 6) is 1.88. The van der Waals surface area contributed by atoms with Gasteiger partial charge in [0.1, 0.15) is 5.82 Å². The highest BCUT2D eigenvalue weighted by Crippen LogP contribution is 2.35. The van der Waals surface area contributed by atoms with Crippen molar-refractivity contribution in [1.82, 2.24) is 9.97 Å². The van der Waals surface area contributed by atoms with Crippen LogP contribution in [0.1, 0.15) is 46.0 Å². The lowest BCUT2D eigenvalue weighted by molar-refractivity contribution is 0.234. The number of rotatable bonds is 6. The molecule has 3 N–H and O–H groups in total. The third-order valence-electron chi connectivity index (χ3n) is 4.26. The van der Waals surface area contributed by atoms with Crippen LogP contribution in [0.4, 0.5) is 5.82 Å². The summed E-state index contributed by atoms with van der Waals surface area (Å²) in [4.78, 5) is 8.68. The lowest BCUT2D eigenvalue weighted by Gasteiger charge is -2.43. The molecule has 1 aliphatic carbocycles. The monoisotopic (exact) mass is 278 g/mol. The van der Waals surface area contributed by atoms with E-state index in [0.717, 1.165) is 18.7 Å². The fourth-order valence-electron chi connectivity index (χ4n) is 2.89. The molecular weight excluding hydrogens is 252 g/mol. The normalized spacial score (nSPS) is 26.2. The van der Waals surface area contributed by atoms with Crippen molar-refractivity contribution < 1.29 is 4.74 Å². The molecular formula is C15H26N4O. The number of ether oxygens (including phenoxy) is 1. The Labute approximate surface area is 121 Å². The van der Waals surface area contributed by atoms with Gasteiger partial charge in [-0.3, -0.25) is 4.98 Å². The van der Waals surface area contributed by atoms with Crippen LogP contribution in [0, 0.1) is 5.92 Å². The first-order chi connectivity index (χ1) is 9.70. The van der Waals surface area contributed by atoms with Crippen LogP contribution >= 0.6 is 0 Å². The van der Waals surface area contributed by atoms with E-state index in [4.69, 9.17) is 10.5 Å². The van der Waals surface area contributed by atoms with Gasteiger partial charge in [0.15, 0.2) is 0 Å². The van der Waals surface area contributed by atoms with Crippen molar-refractivity contribution in [3.8, 4) is 5.88 Å². The minimum absolute atomic E-state index is 0.0592. The van der Waals surface area contributed by atoms with Crippen LogP contribution in [0.25, 0.3) is 0 Å². The number of nitrogens with two attached hydrogens (primary N) is 1. The zero-order valence-electron chi connectivity index (χ0n) is 12.6. The molecule has 0 bridgehead atoms. The SMILES string of the molecule is CCCOc1cncc(NC2(CN)CCCCC2C)n1. The third kappa shape index (κ3) is 3.39. The molecule has 1 heterocycles. The van der Waals surface area contributed by atoms with Gasteiger partial charge in [-0.2, -0.15) is 4.98 Å².